The highest BCUT2D eigenvalue weighted by Crippen LogP contribution is 2.29. The summed E-state index contributed by atoms with van der Waals surface area (Å²) >= 11 is 0. The molecule has 0 amide bonds. The molecule has 2 heterocycles. The van der Waals surface area contributed by atoms with Gasteiger partial charge in [-0.1, -0.05) is 26.7 Å². The van der Waals surface area contributed by atoms with Crippen LogP contribution in [-0.2, 0) is 0 Å². The Labute approximate surface area is 106 Å². The van der Waals surface area contributed by atoms with Gasteiger partial charge in [-0.2, -0.15) is 5.10 Å². The lowest BCUT2D eigenvalue weighted by molar-refractivity contribution is 0.332. The van der Waals surface area contributed by atoms with Crippen LogP contribution in [0.1, 0.15) is 38.3 Å². The predicted octanol–water partition coefficient (Wildman–Crippen LogP) is 1.99. The van der Waals surface area contributed by atoms with Crippen LogP contribution in [0.25, 0.3) is 0 Å². The number of pyridine rings is 1. The van der Waals surface area contributed by atoms with Crippen LogP contribution in [0.15, 0.2) is 35.8 Å². The highest BCUT2D eigenvalue weighted by molar-refractivity contribution is 5.15. The third-order valence-corrected chi connectivity index (χ3v) is 3.37. The van der Waals surface area contributed by atoms with E-state index in [0.717, 1.165) is 18.4 Å². The third kappa shape index (κ3) is 2.50. The zero-order valence-electron chi connectivity index (χ0n) is 10.7. The minimum absolute atomic E-state index is 0.0827. The summed E-state index contributed by atoms with van der Waals surface area (Å²) in [4.78, 5) is 17.9. The lowest BCUT2D eigenvalue weighted by Crippen LogP contribution is -2.21. The van der Waals surface area contributed by atoms with E-state index in [2.05, 4.69) is 28.9 Å². The summed E-state index contributed by atoms with van der Waals surface area (Å²) in [5.41, 5.74) is 0.981. The molecule has 0 aromatic carbocycles. The Kier molecular flexibility index (Phi) is 3.92. The van der Waals surface area contributed by atoms with E-state index in [-0.39, 0.29) is 11.6 Å². The Morgan fingerprint density at radius 1 is 1.33 bits per heavy atom. The van der Waals surface area contributed by atoms with Crippen LogP contribution in [0.3, 0.4) is 0 Å². The molecule has 0 aliphatic carbocycles. The Morgan fingerprint density at radius 3 is 2.61 bits per heavy atom. The van der Waals surface area contributed by atoms with Crippen LogP contribution in [0.5, 0.6) is 0 Å². The van der Waals surface area contributed by atoms with Crippen LogP contribution >= 0.6 is 0 Å². The maximum absolute atomic E-state index is 11.1. The first-order valence-corrected chi connectivity index (χ1v) is 6.29. The SMILES string of the molecule is CCC(CC)C(c1ccc(=O)[nH]c1)n1cncn1. The Morgan fingerprint density at radius 2 is 2.11 bits per heavy atom. The number of aromatic nitrogens is 4. The molecule has 0 saturated carbocycles. The van der Waals surface area contributed by atoms with Crippen molar-refractivity contribution in [3.63, 3.8) is 0 Å². The molecule has 0 spiro atoms. The highest BCUT2D eigenvalue weighted by Gasteiger charge is 2.23. The quantitative estimate of drug-likeness (QED) is 0.877. The standard InChI is InChI=1S/C13H18N4O/c1-3-10(4-2)13(17-9-14-8-16-17)11-5-6-12(18)15-7-11/h5-10,13H,3-4H2,1-2H3,(H,15,18). The van der Waals surface area contributed by atoms with Gasteiger partial charge in [-0.15, -0.1) is 0 Å². The average Bonchev–Trinajstić information content (AvgIpc) is 2.91. The number of nitrogens with one attached hydrogen (secondary N) is 1. The fourth-order valence-electron chi connectivity index (χ4n) is 2.34. The van der Waals surface area contributed by atoms with Crippen molar-refractivity contribution in [1.29, 1.82) is 0 Å². The molecular formula is C13H18N4O. The smallest absolute Gasteiger partial charge is 0.247 e. The van der Waals surface area contributed by atoms with Crippen molar-refractivity contribution in [2.45, 2.75) is 32.7 Å². The fourth-order valence-corrected chi connectivity index (χ4v) is 2.34. The summed E-state index contributed by atoms with van der Waals surface area (Å²) in [5, 5.41) is 4.25. The number of hydrogen-bond donors (Lipinski definition) is 1. The summed E-state index contributed by atoms with van der Waals surface area (Å²) < 4.78 is 1.87. The van der Waals surface area contributed by atoms with Gasteiger partial charge in [0.15, 0.2) is 0 Å². The van der Waals surface area contributed by atoms with Crippen molar-refractivity contribution in [2.75, 3.05) is 0 Å². The molecule has 2 aromatic heterocycles. The predicted molar refractivity (Wildman–Crippen MR) is 69.3 cm³/mol. The molecule has 96 valence electrons. The van der Waals surface area contributed by atoms with E-state index < -0.39 is 0 Å². The molecule has 2 rings (SSSR count). The van der Waals surface area contributed by atoms with Crippen molar-refractivity contribution >= 4 is 0 Å². The maximum atomic E-state index is 11.1. The molecule has 0 radical (unpaired) electrons. The van der Waals surface area contributed by atoms with Gasteiger partial charge in [0.25, 0.3) is 0 Å². The second kappa shape index (κ2) is 5.62. The zero-order valence-corrected chi connectivity index (χ0v) is 10.7. The number of rotatable bonds is 5. The van der Waals surface area contributed by atoms with E-state index in [9.17, 15) is 4.79 Å². The first-order valence-electron chi connectivity index (χ1n) is 6.29. The molecule has 0 aliphatic heterocycles. The summed E-state index contributed by atoms with van der Waals surface area (Å²) in [6.45, 7) is 4.34. The van der Waals surface area contributed by atoms with Gasteiger partial charge in [0.1, 0.15) is 12.7 Å². The monoisotopic (exact) mass is 246 g/mol. The van der Waals surface area contributed by atoms with Gasteiger partial charge in [-0.25, -0.2) is 9.67 Å². The van der Waals surface area contributed by atoms with Crippen LogP contribution < -0.4 is 5.56 Å². The van der Waals surface area contributed by atoms with Crippen LogP contribution in [0, 0.1) is 5.92 Å². The molecule has 1 N–H and O–H groups in total. The van der Waals surface area contributed by atoms with Crippen LogP contribution in [0.2, 0.25) is 0 Å². The molecule has 0 saturated heterocycles. The largest absolute Gasteiger partial charge is 0.329 e. The normalized spacial score (nSPS) is 12.8. The Bertz CT molecular complexity index is 508. The van der Waals surface area contributed by atoms with Gasteiger partial charge in [0.05, 0.1) is 6.04 Å². The van der Waals surface area contributed by atoms with E-state index in [0.29, 0.717) is 5.92 Å². The minimum atomic E-state index is -0.0827. The van der Waals surface area contributed by atoms with Gasteiger partial charge in [0.2, 0.25) is 5.56 Å². The third-order valence-electron chi connectivity index (χ3n) is 3.37. The second-order valence-electron chi connectivity index (χ2n) is 4.38. The van der Waals surface area contributed by atoms with Crippen molar-refractivity contribution in [3.8, 4) is 0 Å². The average molecular weight is 246 g/mol. The molecule has 5 nitrogen and oxygen atoms in total. The number of hydrogen-bond acceptors (Lipinski definition) is 3. The van der Waals surface area contributed by atoms with Crippen LogP contribution in [0.4, 0.5) is 0 Å². The Balaban J connectivity index is 2.41. The van der Waals surface area contributed by atoms with Gasteiger partial charge in [-0.05, 0) is 17.5 Å². The van der Waals surface area contributed by atoms with Crippen molar-refractivity contribution in [2.24, 2.45) is 5.92 Å². The molecule has 5 heteroatoms. The number of nitrogens with zero attached hydrogens (tertiary/aromatic N) is 3. The molecule has 1 atom stereocenters. The van der Waals surface area contributed by atoms with Gasteiger partial charge in [0, 0.05) is 12.3 Å². The number of aromatic amines is 1. The van der Waals surface area contributed by atoms with E-state index in [1.165, 1.54) is 0 Å². The van der Waals surface area contributed by atoms with Gasteiger partial charge >= 0.3 is 0 Å². The van der Waals surface area contributed by atoms with E-state index in [1.807, 2.05) is 10.7 Å². The second-order valence-corrected chi connectivity index (χ2v) is 4.38. The lowest BCUT2D eigenvalue weighted by atomic mass is 9.90. The highest BCUT2D eigenvalue weighted by atomic mass is 16.1. The van der Waals surface area contributed by atoms with E-state index >= 15 is 0 Å². The fraction of sp³-hybridized carbons (Fsp3) is 0.462. The lowest BCUT2D eigenvalue weighted by Gasteiger charge is -2.25. The molecular weight excluding hydrogens is 228 g/mol. The van der Waals surface area contributed by atoms with Crippen molar-refractivity contribution in [1.82, 2.24) is 19.7 Å². The van der Waals surface area contributed by atoms with Crippen molar-refractivity contribution < 1.29 is 0 Å². The topological polar surface area (TPSA) is 63.6 Å². The molecule has 0 bridgehead atoms. The molecule has 18 heavy (non-hydrogen) atoms. The van der Waals surface area contributed by atoms with Gasteiger partial charge in [-0.3, -0.25) is 4.79 Å². The van der Waals surface area contributed by atoms with E-state index in [4.69, 9.17) is 0 Å². The maximum Gasteiger partial charge on any atom is 0.247 e. The van der Waals surface area contributed by atoms with Gasteiger partial charge < -0.3 is 4.98 Å². The summed E-state index contributed by atoms with van der Waals surface area (Å²) in [6, 6.07) is 3.55. The first-order chi connectivity index (χ1) is 8.76. The van der Waals surface area contributed by atoms with E-state index in [1.54, 1.807) is 24.9 Å². The number of H-pyrrole nitrogens is 1. The summed E-state index contributed by atoms with van der Waals surface area (Å²) in [6.07, 6.45) is 7.16. The van der Waals surface area contributed by atoms with Crippen molar-refractivity contribution in [3.05, 3.63) is 46.9 Å². The molecule has 2 aromatic rings. The molecule has 0 aliphatic rings. The first kappa shape index (κ1) is 12.5. The van der Waals surface area contributed by atoms with Crippen LogP contribution in [-0.4, -0.2) is 19.7 Å². The minimum Gasteiger partial charge on any atom is -0.329 e. The zero-order chi connectivity index (χ0) is 13.0. The molecule has 1 unspecified atom stereocenters. The summed E-state index contributed by atoms with van der Waals surface area (Å²) in [5.74, 6) is 0.470. The Hall–Kier alpha value is -1.91. The summed E-state index contributed by atoms with van der Waals surface area (Å²) in [7, 11) is 0. The molecule has 0 fully saturated rings.